The zero-order valence-corrected chi connectivity index (χ0v) is 18.7. The Balaban J connectivity index is 1.53. The molecule has 1 heterocycles. The number of hydrogen-bond acceptors (Lipinski definition) is 7. The molecule has 4 aromatic rings. The monoisotopic (exact) mass is 484 g/mol. The average Bonchev–Trinajstić information content (AvgIpc) is 2.82. The summed E-state index contributed by atoms with van der Waals surface area (Å²) in [6.45, 7) is 1.79. The molecule has 0 aliphatic rings. The van der Waals surface area contributed by atoms with Gasteiger partial charge >= 0.3 is 6.03 Å². The lowest BCUT2D eigenvalue weighted by atomic mass is 10.2. The third-order valence-corrected chi connectivity index (χ3v) is 5.07. The van der Waals surface area contributed by atoms with E-state index in [1.54, 1.807) is 25.1 Å². The first kappa shape index (κ1) is 23.0. The van der Waals surface area contributed by atoms with Gasteiger partial charge in [-0.1, -0.05) is 17.7 Å². The molecule has 0 atom stereocenters. The summed E-state index contributed by atoms with van der Waals surface area (Å²) < 4.78 is 24.9. The molecule has 0 aliphatic heterocycles. The Kier molecular flexibility index (Phi) is 6.62. The number of carbonyl (C=O) groups excluding carboxylic acids is 1. The number of anilines is 2. The third-order valence-electron chi connectivity index (χ3n) is 4.76. The molecule has 34 heavy (non-hydrogen) atoms. The van der Waals surface area contributed by atoms with Crippen LogP contribution in [0, 0.1) is 12.7 Å². The van der Waals surface area contributed by atoms with Gasteiger partial charge in [-0.3, -0.25) is 0 Å². The van der Waals surface area contributed by atoms with Crippen molar-refractivity contribution in [2.24, 2.45) is 0 Å². The number of fused-ring (bicyclic) bond motifs is 1. The van der Waals surface area contributed by atoms with E-state index in [1.165, 1.54) is 43.8 Å². The van der Waals surface area contributed by atoms with E-state index in [0.717, 1.165) is 5.56 Å². The summed E-state index contributed by atoms with van der Waals surface area (Å²) in [6.07, 6.45) is 1.29. The van der Waals surface area contributed by atoms with Crippen molar-refractivity contribution in [3.05, 3.63) is 71.3 Å². The smallest absolute Gasteiger partial charge is 0.323 e. The molecule has 0 saturated carbocycles. The highest BCUT2D eigenvalue weighted by molar-refractivity contribution is 6.34. The molecule has 11 heteroatoms. The molecule has 3 N–H and O–H groups in total. The van der Waals surface area contributed by atoms with E-state index in [2.05, 4.69) is 25.5 Å². The first-order valence-electron chi connectivity index (χ1n) is 9.83. The van der Waals surface area contributed by atoms with Gasteiger partial charge in [-0.25, -0.2) is 24.4 Å². The predicted molar refractivity (Wildman–Crippen MR) is 125 cm³/mol. The number of urea groups is 1. The van der Waals surface area contributed by atoms with Crippen molar-refractivity contribution in [3.63, 3.8) is 0 Å². The second-order valence-corrected chi connectivity index (χ2v) is 7.50. The number of aromatic nitrogens is 2. The highest BCUT2D eigenvalue weighted by Crippen LogP contribution is 2.36. The van der Waals surface area contributed by atoms with E-state index in [1.807, 2.05) is 0 Å². The zero-order chi connectivity index (χ0) is 24.2. The Morgan fingerprint density at radius 1 is 1.03 bits per heavy atom. The number of amides is 2. The molecule has 4 rings (SSSR count). The van der Waals surface area contributed by atoms with E-state index in [4.69, 9.17) is 26.3 Å². The lowest BCUT2D eigenvalue weighted by Crippen LogP contribution is -2.20. The summed E-state index contributed by atoms with van der Waals surface area (Å²) in [5.41, 5.74) is 1.58. The van der Waals surface area contributed by atoms with Gasteiger partial charge in [0.25, 0.3) is 0 Å². The van der Waals surface area contributed by atoms with Crippen LogP contribution < -0.4 is 25.0 Å². The van der Waals surface area contributed by atoms with Crippen molar-refractivity contribution in [1.29, 1.82) is 0 Å². The molecule has 0 spiro atoms. The van der Waals surface area contributed by atoms with Gasteiger partial charge in [-0.15, -0.1) is 0 Å². The molecule has 0 saturated heterocycles. The standard InChI is InChI=1S/C23H18ClFN4O5/c1-12-3-5-16(25)19(7-12)29-23(30)28-17-6-4-13(8-15(17)24)33-22-14-9-20(32-2)21(34-31)10-18(14)26-11-27-22/h3-11,31H,1-2H3,(H2,28,29,30). The Hall–Kier alpha value is -4.15. The summed E-state index contributed by atoms with van der Waals surface area (Å²) in [5, 5.41) is 14.7. The lowest BCUT2D eigenvalue weighted by Gasteiger charge is -2.13. The zero-order valence-electron chi connectivity index (χ0n) is 17.9. The third kappa shape index (κ3) is 4.92. The van der Waals surface area contributed by atoms with Crippen molar-refractivity contribution >= 4 is 39.9 Å². The first-order chi connectivity index (χ1) is 16.4. The fourth-order valence-corrected chi connectivity index (χ4v) is 3.35. The predicted octanol–water partition coefficient (Wildman–Crippen LogP) is 6.03. The van der Waals surface area contributed by atoms with Crippen LogP contribution in [-0.2, 0) is 0 Å². The summed E-state index contributed by atoms with van der Waals surface area (Å²) in [7, 11) is 1.42. The molecule has 0 radical (unpaired) electrons. The molecule has 0 aliphatic carbocycles. The van der Waals surface area contributed by atoms with Crippen LogP contribution in [0.1, 0.15) is 5.56 Å². The maximum Gasteiger partial charge on any atom is 0.323 e. The molecule has 0 unspecified atom stereocenters. The number of hydrogen-bond donors (Lipinski definition) is 3. The number of nitrogens with one attached hydrogen (secondary N) is 2. The summed E-state index contributed by atoms with van der Waals surface area (Å²) in [5.74, 6) is 0.326. The molecule has 174 valence electrons. The average molecular weight is 485 g/mol. The number of ether oxygens (including phenoxy) is 2. The van der Waals surface area contributed by atoms with E-state index < -0.39 is 11.8 Å². The number of carbonyl (C=O) groups is 1. The molecule has 1 aromatic heterocycles. The fraction of sp³-hybridized carbons (Fsp3) is 0.0870. The normalized spacial score (nSPS) is 10.6. The van der Waals surface area contributed by atoms with Crippen LogP contribution in [0.3, 0.4) is 0 Å². The minimum atomic E-state index is -0.657. The summed E-state index contributed by atoms with van der Waals surface area (Å²) in [6, 6.07) is 11.4. The van der Waals surface area contributed by atoms with Crippen molar-refractivity contribution in [2.75, 3.05) is 17.7 Å². The minimum absolute atomic E-state index is 0.0504. The van der Waals surface area contributed by atoms with Crippen LogP contribution in [0.25, 0.3) is 10.9 Å². The number of rotatable bonds is 6. The number of halogens is 2. The number of aryl methyl sites for hydroxylation is 1. The summed E-state index contributed by atoms with van der Waals surface area (Å²) in [4.78, 5) is 24.9. The van der Waals surface area contributed by atoms with Gasteiger partial charge in [-0.05, 0) is 42.8 Å². The van der Waals surface area contributed by atoms with Gasteiger partial charge in [-0.2, -0.15) is 0 Å². The highest BCUT2D eigenvalue weighted by atomic mass is 35.5. The van der Waals surface area contributed by atoms with Gasteiger partial charge in [0.05, 0.1) is 34.4 Å². The summed E-state index contributed by atoms with van der Waals surface area (Å²) >= 11 is 6.31. The Morgan fingerprint density at radius 3 is 2.56 bits per heavy atom. The number of methoxy groups -OCH3 is 1. The van der Waals surface area contributed by atoms with E-state index in [-0.39, 0.29) is 28.1 Å². The minimum Gasteiger partial charge on any atom is -0.493 e. The van der Waals surface area contributed by atoms with Crippen LogP contribution >= 0.6 is 11.6 Å². The quantitative estimate of drug-likeness (QED) is 0.226. The first-order valence-corrected chi connectivity index (χ1v) is 10.2. The molecule has 3 aromatic carbocycles. The topological polar surface area (TPSA) is 115 Å². The van der Waals surface area contributed by atoms with Crippen LogP contribution in [0.5, 0.6) is 23.1 Å². The van der Waals surface area contributed by atoms with E-state index in [0.29, 0.717) is 22.3 Å². The van der Waals surface area contributed by atoms with Crippen LogP contribution in [0.2, 0.25) is 5.02 Å². The molecule has 0 bridgehead atoms. The largest absolute Gasteiger partial charge is 0.493 e. The molecular formula is C23H18ClFN4O5. The number of nitrogens with zero attached hydrogens (tertiary/aromatic N) is 2. The van der Waals surface area contributed by atoms with E-state index in [9.17, 15) is 9.18 Å². The second-order valence-electron chi connectivity index (χ2n) is 7.10. The van der Waals surface area contributed by atoms with Crippen LogP contribution in [-0.4, -0.2) is 28.4 Å². The van der Waals surface area contributed by atoms with Crippen molar-refractivity contribution in [1.82, 2.24) is 9.97 Å². The highest BCUT2D eigenvalue weighted by Gasteiger charge is 2.15. The SMILES string of the molecule is COc1cc2c(Oc3ccc(NC(=O)Nc4cc(C)ccc4F)c(Cl)c3)ncnc2cc1OO. The lowest BCUT2D eigenvalue weighted by molar-refractivity contribution is -0.138. The van der Waals surface area contributed by atoms with Crippen LogP contribution in [0.15, 0.2) is 54.9 Å². The van der Waals surface area contributed by atoms with Crippen molar-refractivity contribution in [3.8, 4) is 23.1 Å². The van der Waals surface area contributed by atoms with Crippen molar-refractivity contribution in [2.45, 2.75) is 6.92 Å². The van der Waals surface area contributed by atoms with Gasteiger partial charge in [0.15, 0.2) is 5.75 Å². The fourth-order valence-electron chi connectivity index (χ4n) is 3.14. The Bertz CT molecular complexity index is 1390. The maximum absolute atomic E-state index is 13.9. The van der Waals surface area contributed by atoms with Gasteiger partial charge in [0.2, 0.25) is 11.6 Å². The van der Waals surface area contributed by atoms with Gasteiger partial charge in [0, 0.05) is 12.1 Å². The number of benzene rings is 3. The molecular weight excluding hydrogens is 467 g/mol. The Morgan fingerprint density at radius 2 is 1.82 bits per heavy atom. The van der Waals surface area contributed by atoms with E-state index >= 15 is 0 Å². The van der Waals surface area contributed by atoms with Gasteiger partial charge < -0.3 is 25.0 Å². The van der Waals surface area contributed by atoms with Crippen LogP contribution in [0.4, 0.5) is 20.6 Å². The molecule has 9 nitrogen and oxygen atoms in total. The second kappa shape index (κ2) is 9.77. The molecule has 0 fully saturated rings. The molecule has 2 amide bonds. The van der Waals surface area contributed by atoms with Gasteiger partial charge in [0.1, 0.15) is 17.9 Å². The van der Waals surface area contributed by atoms with Crippen molar-refractivity contribution < 1.29 is 28.8 Å². The maximum atomic E-state index is 13.9. The Labute approximate surface area is 198 Å².